The van der Waals surface area contributed by atoms with Crippen LogP contribution in [0.5, 0.6) is 0 Å². The minimum atomic E-state index is -0.113. The van der Waals surface area contributed by atoms with Crippen LogP contribution in [0.1, 0.15) is 31.4 Å². The van der Waals surface area contributed by atoms with Gasteiger partial charge in [0, 0.05) is 12.6 Å². The summed E-state index contributed by atoms with van der Waals surface area (Å²) in [6.45, 7) is 6.89. The van der Waals surface area contributed by atoms with E-state index >= 15 is 0 Å². The van der Waals surface area contributed by atoms with E-state index in [4.69, 9.17) is 0 Å². The van der Waals surface area contributed by atoms with Crippen molar-refractivity contribution in [2.45, 2.75) is 39.8 Å². The number of hydrogen-bond acceptors (Lipinski definition) is 2. The number of hydrogen-bond donors (Lipinski definition) is 1. The van der Waals surface area contributed by atoms with E-state index in [1.807, 2.05) is 23.9 Å². The van der Waals surface area contributed by atoms with E-state index < -0.39 is 0 Å². The molecule has 1 aromatic rings. The molecule has 0 amide bonds. The van der Waals surface area contributed by atoms with Crippen LogP contribution >= 0.6 is 11.8 Å². The molecule has 1 rings (SSSR count). The van der Waals surface area contributed by atoms with E-state index in [0.717, 1.165) is 18.5 Å². The van der Waals surface area contributed by atoms with Gasteiger partial charge in [-0.25, -0.2) is 4.39 Å². The van der Waals surface area contributed by atoms with Gasteiger partial charge in [-0.3, -0.25) is 0 Å². The third-order valence-electron chi connectivity index (χ3n) is 2.79. The van der Waals surface area contributed by atoms with Gasteiger partial charge in [-0.2, -0.15) is 11.8 Å². The highest BCUT2D eigenvalue weighted by molar-refractivity contribution is 7.99. The third kappa shape index (κ3) is 5.55. The molecule has 1 unspecified atom stereocenters. The monoisotopic (exact) mass is 255 g/mol. The standard InChI is InChI=1S/C14H22FNS/c1-4-17-8-7-12(3)16-10-13-6-5-11(2)14(15)9-13/h5-6,9,12,16H,4,7-8,10H2,1-3H3. The van der Waals surface area contributed by atoms with Gasteiger partial charge in [0.1, 0.15) is 5.82 Å². The molecule has 0 spiro atoms. The average molecular weight is 255 g/mol. The number of nitrogens with one attached hydrogen (secondary N) is 1. The third-order valence-corrected chi connectivity index (χ3v) is 3.72. The molecule has 1 atom stereocenters. The molecular weight excluding hydrogens is 233 g/mol. The summed E-state index contributed by atoms with van der Waals surface area (Å²) in [5.74, 6) is 2.25. The van der Waals surface area contributed by atoms with Crippen LogP contribution in [0, 0.1) is 12.7 Å². The molecule has 0 heterocycles. The highest BCUT2D eigenvalue weighted by atomic mass is 32.2. The van der Waals surface area contributed by atoms with E-state index in [0.29, 0.717) is 11.6 Å². The summed E-state index contributed by atoms with van der Waals surface area (Å²) < 4.78 is 13.3. The van der Waals surface area contributed by atoms with Crippen molar-refractivity contribution in [2.75, 3.05) is 11.5 Å². The lowest BCUT2D eigenvalue weighted by Crippen LogP contribution is -2.26. The average Bonchev–Trinajstić information content (AvgIpc) is 2.31. The predicted molar refractivity (Wildman–Crippen MR) is 75.1 cm³/mol. The zero-order valence-electron chi connectivity index (χ0n) is 10.9. The van der Waals surface area contributed by atoms with E-state index in [1.165, 1.54) is 11.5 Å². The lowest BCUT2D eigenvalue weighted by atomic mass is 10.1. The molecule has 0 aliphatic heterocycles. The van der Waals surface area contributed by atoms with Gasteiger partial charge < -0.3 is 5.32 Å². The first-order valence-electron chi connectivity index (χ1n) is 6.19. The molecule has 0 radical (unpaired) electrons. The number of thioether (sulfide) groups is 1. The van der Waals surface area contributed by atoms with Gasteiger partial charge in [-0.05, 0) is 49.0 Å². The lowest BCUT2D eigenvalue weighted by Gasteiger charge is -2.13. The maximum absolute atomic E-state index is 13.3. The van der Waals surface area contributed by atoms with Crippen molar-refractivity contribution in [3.63, 3.8) is 0 Å². The Balaban J connectivity index is 2.31. The molecule has 0 saturated heterocycles. The van der Waals surface area contributed by atoms with Gasteiger partial charge in [0.2, 0.25) is 0 Å². The largest absolute Gasteiger partial charge is 0.310 e. The minimum absolute atomic E-state index is 0.113. The Morgan fingerprint density at radius 1 is 1.41 bits per heavy atom. The van der Waals surface area contributed by atoms with E-state index in [9.17, 15) is 4.39 Å². The molecule has 3 heteroatoms. The van der Waals surface area contributed by atoms with E-state index in [2.05, 4.69) is 19.2 Å². The van der Waals surface area contributed by atoms with Gasteiger partial charge in [0.15, 0.2) is 0 Å². The molecule has 0 fully saturated rings. The van der Waals surface area contributed by atoms with Crippen molar-refractivity contribution in [1.29, 1.82) is 0 Å². The summed E-state index contributed by atoms with van der Waals surface area (Å²) in [6, 6.07) is 5.93. The summed E-state index contributed by atoms with van der Waals surface area (Å²) in [4.78, 5) is 0. The zero-order valence-corrected chi connectivity index (χ0v) is 11.7. The van der Waals surface area contributed by atoms with Gasteiger partial charge in [-0.1, -0.05) is 19.1 Å². The van der Waals surface area contributed by atoms with E-state index in [1.54, 1.807) is 13.0 Å². The number of rotatable bonds is 7. The predicted octanol–water partition coefficient (Wildman–Crippen LogP) is 3.76. The molecule has 1 aromatic carbocycles. The Bertz CT molecular complexity index is 341. The Morgan fingerprint density at radius 2 is 2.18 bits per heavy atom. The van der Waals surface area contributed by atoms with Crippen molar-refractivity contribution < 1.29 is 4.39 Å². The van der Waals surface area contributed by atoms with Crippen LogP contribution in [0.2, 0.25) is 0 Å². The van der Waals surface area contributed by atoms with Gasteiger partial charge in [0.25, 0.3) is 0 Å². The van der Waals surface area contributed by atoms with Crippen molar-refractivity contribution in [3.8, 4) is 0 Å². The van der Waals surface area contributed by atoms with Crippen molar-refractivity contribution in [1.82, 2.24) is 5.32 Å². The molecule has 0 saturated carbocycles. The number of halogens is 1. The Kier molecular flexibility index (Phi) is 6.60. The lowest BCUT2D eigenvalue weighted by molar-refractivity contribution is 0.534. The minimum Gasteiger partial charge on any atom is -0.310 e. The summed E-state index contributed by atoms with van der Waals surface area (Å²) in [6.07, 6.45) is 1.16. The van der Waals surface area contributed by atoms with Gasteiger partial charge in [0.05, 0.1) is 0 Å². The van der Waals surface area contributed by atoms with Crippen LogP contribution in [0.4, 0.5) is 4.39 Å². The topological polar surface area (TPSA) is 12.0 Å². The molecule has 1 N–H and O–H groups in total. The quantitative estimate of drug-likeness (QED) is 0.745. The first kappa shape index (κ1) is 14.5. The maximum atomic E-state index is 13.3. The fourth-order valence-electron chi connectivity index (χ4n) is 1.54. The molecule has 17 heavy (non-hydrogen) atoms. The first-order valence-corrected chi connectivity index (χ1v) is 7.35. The second-order valence-corrected chi connectivity index (χ2v) is 5.74. The summed E-state index contributed by atoms with van der Waals surface area (Å²) in [5.41, 5.74) is 1.73. The van der Waals surface area contributed by atoms with Crippen molar-refractivity contribution >= 4 is 11.8 Å². The normalized spacial score (nSPS) is 12.7. The summed E-state index contributed by atoms with van der Waals surface area (Å²) in [5, 5.41) is 3.42. The Morgan fingerprint density at radius 3 is 2.82 bits per heavy atom. The number of benzene rings is 1. The zero-order chi connectivity index (χ0) is 12.7. The number of aryl methyl sites for hydroxylation is 1. The van der Waals surface area contributed by atoms with Crippen LogP contribution in [0.3, 0.4) is 0 Å². The fourth-order valence-corrected chi connectivity index (χ4v) is 2.35. The van der Waals surface area contributed by atoms with Crippen LogP contribution in [-0.4, -0.2) is 17.5 Å². The molecule has 0 bridgehead atoms. The molecule has 0 aliphatic rings. The molecule has 96 valence electrons. The second kappa shape index (κ2) is 7.72. The second-order valence-electron chi connectivity index (χ2n) is 4.35. The van der Waals surface area contributed by atoms with E-state index in [-0.39, 0.29) is 5.82 Å². The fraction of sp³-hybridized carbons (Fsp3) is 0.571. The first-order chi connectivity index (χ1) is 8.13. The van der Waals surface area contributed by atoms with Crippen molar-refractivity contribution in [2.24, 2.45) is 0 Å². The molecule has 0 aliphatic carbocycles. The van der Waals surface area contributed by atoms with Crippen LogP contribution in [0.15, 0.2) is 18.2 Å². The Labute approximate surface area is 108 Å². The molecular formula is C14H22FNS. The molecule has 0 aromatic heterocycles. The van der Waals surface area contributed by atoms with Crippen LogP contribution in [-0.2, 0) is 6.54 Å². The Hall–Kier alpha value is -0.540. The van der Waals surface area contributed by atoms with Gasteiger partial charge >= 0.3 is 0 Å². The summed E-state index contributed by atoms with van der Waals surface area (Å²) in [7, 11) is 0. The van der Waals surface area contributed by atoms with Gasteiger partial charge in [-0.15, -0.1) is 0 Å². The van der Waals surface area contributed by atoms with Crippen molar-refractivity contribution in [3.05, 3.63) is 35.1 Å². The maximum Gasteiger partial charge on any atom is 0.126 e. The highest BCUT2D eigenvalue weighted by Gasteiger charge is 2.03. The molecule has 1 nitrogen and oxygen atoms in total. The highest BCUT2D eigenvalue weighted by Crippen LogP contribution is 2.10. The van der Waals surface area contributed by atoms with Crippen LogP contribution < -0.4 is 5.32 Å². The smallest absolute Gasteiger partial charge is 0.126 e. The SMILES string of the molecule is CCSCCC(C)NCc1ccc(C)c(F)c1. The van der Waals surface area contributed by atoms with Crippen LogP contribution in [0.25, 0.3) is 0 Å². The summed E-state index contributed by atoms with van der Waals surface area (Å²) >= 11 is 1.96.